The van der Waals surface area contributed by atoms with E-state index in [1.165, 1.54) is 0 Å². The molecule has 3 heteroatoms. The van der Waals surface area contributed by atoms with E-state index < -0.39 is 0 Å². The van der Waals surface area contributed by atoms with Crippen molar-refractivity contribution in [1.29, 1.82) is 0 Å². The number of hydrogen-bond donors (Lipinski definition) is 1. The lowest BCUT2D eigenvalue weighted by Crippen LogP contribution is -2.26. The third kappa shape index (κ3) is 6.42. The maximum Gasteiger partial charge on any atom is 0.0953 e. The van der Waals surface area contributed by atoms with Crippen molar-refractivity contribution in [2.24, 2.45) is 5.92 Å². The molecular formula is C16H26ClNO. The molecule has 108 valence electrons. The van der Waals surface area contributed by atoms with Crippen LogP contribution in [0.2, 0.25) is 5.02 Å². The van der Waals surface area contributed by atoms with E-state index in [0.717, 1.165) is 30.1 Å². The normalized spacial score (nSPS) is 14.6. The van der Waals surface area contributed by atoms with Crippen molar-refractivity contribution in [2.45, 2.75) is 46.3 Å². The molecule has 0 radical (unpaired) electrons. The molecule has 1 rings (SSSR count). The van der Waals surface area contributed by atoms with Gasteiger partial charge in [-0.05, 0) is 43.5 Å². The molecule has 0 aliphatic carbocycles. The van der Waals surface area contributed by atoms with Gasteiger partial charge in [-0.15, -0.1) is 0 Å². The van der Waals surface area contributed by atoms with Gasteiger partial charge in [-0.2, -0.15) is 0 Å². The first-order valence-electron chi connectivity index (χ1n) is 7.14. The van der Waals surface area contributed by atoms with Crippen LogP contribution in [0.3, 0.4) is 0 Å². The lowest BCUT2D eigenvalue weighted by atomic mass is 10.1. The number of ether oxygens (including phenoxy) is 1. The molecule has 0 amide bonds. The molecule has 0 bridgehead atoms. The zero-order chi connectivity index (χ0) is 14.3. The van der Waals surface area contributed by atoms with E-state index in [1.54, 1.807) is 0 Å². The number of halogens is 1. The first-order chi connectivity index (χ1) is 9.02. The van der Waals surface area contributed by atoms with Gasteiger partial charge < -0.3 is 10.1 Å². The van der Waals surface area contributed by atoms with Crippen molar-refractivity contribution < 1.29 is 4.74 Å². The summed E-state index contributed by atoms with van der Waals surface area (Å²) in [5.74, 6) is 0.647. The summed E-state index contributed by atoms with van der Waals surface area (Å²) in [6.45, 7) is 10.4. The van der Waals surface area contributed by atoms with Gasteiger partial charge in [0.2, 0.25) is 0 Å². The third-order valence-corrected chi connectivity index (χ3v) is 3.24. The van der Waals surface area contributed by atoms with Gasteiger partial charge in [0.1, 0.15) is 0 Å². The minimum atomic E-state index is 0.0624. The topological polar surface area (TPSA) is 21.3 Å². The molecule has 0 heterocycles. The van der Waals surface area contributed by atoms with Crippen LogP contribution in [0.1, 0.15) is 45.8 Å². The average Bonchev–Trinajstić information content (AvgIpc) is 2.33. The highest BCUT2D eigenvalue weighted by Gasteiger charge is 2.16. The summed E-state index contributed by atoms with van der Waals surface area (Å²) < 4.78 is 6.18. The van der Waals surface area contributed by atoms with E-state index >= 15 is 0 Å². The smallest absolute Gasteiger partial charge is 0.0953 e. The summed E-state index contributed by atoms with van der Waals surface area (Å²) in [5.41, 5.74) is 1.14. The van der Waals surface area contributed by atoms with Crippen LogP contribution in [0, 0.1) is 5.92 Å². The van der Waals surface area contributed by atoms with Crippen molar-refractivity contribution in [3.05, 3.63) is 34.9 Å². The predicted octanol–water partition coefficient (Wildman–Crippen LogP) is 4.44. The quantitative estimate of drug-likeness (QED) is 0.761. The van der Waals surface area contributed by atoms with Crippen LogP contribution in [0.15, 0.2) is 24.3 Å². The minimum Gasteiger partial charge on any atom is -0.369 e. The Bertz CT molecular complexity index is 368. The second kappa shape index (κ2) is 8.57. The predicted molar refractivity (Wildman–Crippen MR) is 82.7 cm³/mol. The van der Waals surface area contributed by atoms with Crippen molar-refractivity contribution in [2.75, 3.05) is 13.1 Å². The first-order valence-corrected chi connectivity index (χ1v) is 7.52. The van der Waals surface area contributed by atoms with Gasteiger partial charge in [0.15, 0.2) is 0 Å². The number of benzene rings is 1. The Balaban J connectivity index is 2.71. The van der Waals surface area contributed by atoms with E-state index in [4.69, 9.17) is 16.3 Å². The van der Waals surface area contributed by atoms with E-state index in [2.05, 4.69) is 39.1 Å². The molecule has 0 aromatic heterocycles. The van der Waals surface area contributed by atoms with Crippen LogP contribution >= 0.6 is 11.6 Å². The van der Waals surface area contributed by atoms with E-state index in [-0.39, 0.29) is 12.2 Å². The Hall–Kier alpha value is -0.570. The second-order valence-electron chi connectivity index (χ2n) is 5.43. The van der Waals surface area contributed by atoms with E-state index in [1.807, 2.05) is 18.2 Å². The largest absolute Gasteiger partial charge is 0.369 e. The lowest BCUT2D eigenvalue weighted by Gasteiger charge is -2.24. The monoisotopic (exact) mass is 283 g/mol. The molecule has 1 aromatic rings. The van der Waals surface area contributed by atoms with Gasteiger partial charge in [-0.1, -0.05) is 44.5 Å². The first kappa shape index (κ1) is 16.5. The van der Waals surface area contributed by atoms with Crippen molar-refractivity contribution in [1.82, 2.24) is 5.32 Å². The van der Waals surface area contributed by atoms with Crippen LogP contribution in [-0.2, 0) is 4.74 Å². The summed E-state index contributed by atoms with van der Waals surface area (Å²) in [6, 6.07) is 7.95. The Labute approximate surface area is 122 Å². The van der Waals surface area contributed by atoms with Crippen LogP contribution in [0.5, 0.6) is 0 Å². The molecule has 0 aliphatic rings. The summed E-state index contributed by atoms with van der Waals surface area (Å²) >= 11 is 6.07. The molecule has 0 fully saturated rings. The average molecular weight is 284 g/mol. The van der Waals surface area contributed by atoms with Crippen molar-refractivity contribution in [3.63, 3.8) is 0 Å². The van der Waals surface area contributed by atoms with Crippen LogP contribution in [-0.4, -0.2) is 19.2 Å². The fourth-order valence-electron chi connectivity index (χ4n) is 2.23. The molecular weight excluding hydrogens is 258 g/mol. The molecule has 0 saturated heterocycles. The minimum absolute atomic E-state index is 0.0624. The summed E-state index contributed by atoms with van der Waals surface area (Å²) in [6.07, 6.45) is 1.39. The number of rotatable bonds is 8. The highest BCUT2D eigenvalue weighted by atomic mass is 35.5. The Morgan fingerprint density at radius 2 is 2.00 bits per heavy atom. The maximum atomic E-state index is 6.18. The second-order valence-corrected chi connectivity index (χ2v) is 5.86. The van der Waals surface area contributed by atoms with Gasteiger partial charge in [-0.3, -0.25) is 0 Å². The maximum absolute atomic E-state index is 6.18. The highest BCUT2D eigenvalue weighted by Crippen LogP contribution is 2.23. The van der Waals surface area contributed by atoms with Gasteiger partial charge in [0.25, 0.3) is 0 Å². The molecule has 2 atom stereocenters. The van der Waals surface area contributed by atoms with E-state index in [0.29, 0.717) is 5.92 Å². The molecule has 1 N–H and O–H groups in total. The number of likely N-dealkylation sites (N-methyl/N-ethyl adjacent to an activating group) is 1. The van der Waals surface area contributed by atoms with E-state index in [9.17, 15) is 0 Å². The molecule has 0 spiro atoms. The van der Waals surface area contributed by atoms with Gasteiger partial charge >= 0.3 is 0 Å². The third-order valence-electron chi connectivity index (χ3n) is 3.00. The zero-order valence-electron chi connectivity index (χ0n) is 12.4. The van der Waals surface area contributed by atoms with Gasteiger partial charge in [0.05, 0.1) is 12.2 Å². The summed E-state index contributed by atoms with van der Waals surface area (Å²) in [7, 11) is 0. The van der Waals surface area contributed by atoms with Crippen molar-refractivity contribution in [3.8, 4) is 0 Å². The van der Waals surface area contributed by atoms with Crippen LogP contribution in [0.25, 0.3) is 0 Å². The molecule has 1 aromatic carbocycles. The Morgan fingerprint density at radius 3 is 2.58 bits per heavy atom. The van der Waals surface area contributed by atoms with Crippen LogP contribution < -0.4 is 5.32 Å². The number of nitrogens with one attached hydrogen (secondary N) is 1. The standard InChI is InChI=1S/C16H26ClNO/c1-5-18-11-16(19-13(4)9-12(2)3)14-7-6-8-15(17)10-14/h6-8,10,12-13,16,18H,5,9,11H2,1-4H3. The Kier molecular flexibility index (Phi) is 7.44. The SMILES string of the molecule is CCNCC(OC(C)CC(C)C)c1cccc(Cl)c1. The molecule has 19 heavy (non-hydrogen) atoms. The molecule has 0 saturated carbocycles. The fraction of sp³-hybridized carbons (Fsp3) is 0.625. The zero-order valence-corrected chi connectivity index (χ0v) is 13.2. The molecule has 2 nitrogen and oxygen atoms in total. The fourth-order valence-corrected chi connectivity index (χ4v) is 2.43. The van der Waals surface area contributed by atoms with Crippen LogP contribution in [0.4, 0.5) is 0 Å². The summed E-state index contributed by atoms with van der Waals surface area (Å²) in [5, 5.41) is 4.12. The Morgan fingerprint density at radius 1 is 1.26 bits per heavy atom. The number of hydrogen-bond acceptors (Lipinski definition) is 2. The van der Waals surface area contributed by atoms with Crippen molar-refractivity contribution >= 4 is 11.6 Å². The summed E-state index contributed by atoms with van der Waals surface area (Å²) in [4.78, 5) is 0. The molecule has 2 unspecified atom stereocenters. The van der Waals surface area contributed by atoms with Gasteiger partial charge in [-0.25, -0.2) is 0 Å². The molecule has 0 aliphatic heterocycles. The lowest BCUT2D eigenvalue weighted by molar-refractivity contribution is -0.0124. The highest BCUT2D eigenvalue weighted by molar-refractivity contribution is 6.30. The van der Waals surface area contributed by atoms with Gasteiger partial charge in [0, 0.05) is 11.6 Å².